The van der Waals surface area contributed by atoms with E-state index in [1.54, 1.807) is 31.2 Å². The lowest BCUT2D eigenvalue weighted by atomic mass is 10.2. The summed E-state index contributed by atoms with van der Waals surface area (Å²) in [4.78, 5) is 15.3. The van der Waals surface area contributed by atoms with Gasteiger partial charge in [0.2, 0.25) is 0 Å². The summed E-state index contributed by atoms with van der Waals surface area (Å²) < 4.78 is 9.91. The highest BCUT2D eigenvalue weighted by Gasteiger charge is 2.12. The number of rotatable bonds is 5. The molecule has 6 heteroatoms. The van der Waals surface area contributed by atoms with Gasteiger partial charge >= 0.3 is 5.97 Å². The van der Waals surface area contributed by atoms with Gasteiger partial charge in [0.15, 0.2) is 5.69 Å². The largest absolute Gasteiger partial charge is 0.508 e. The van der Waals surface area contributed by atoms with E-state index in [1.165, 1.54) is 6.26 Å². The molecular formula is C13H14N2O4. The Balaban J connectivity index is 1.93. The second kappa shape index (κ2) is 5.90. The molecule has 1 aromatic heterocycles. The van der Waals surface area contributed by atoms with Gasteiger partial charge in [-0.15, -0.1) is 0 Å². The summed E-state index contributed by atoms with van der Waals surface area (Å²) in [7, 11) is 0. The minimum absolute atomic E-state index is 0.134. The van der Waals surface area contributed by atoms with Crippen LogP contribution in [0.3, 0.4) is 0 Å². The third-order valence-electron chi connectivity index (χ3n) is 2.37. The van der Waals surface area contributed by atoms with Gasteiger partial charge in [-0.1, -0.05) is 12.1 Å². The molecule has 2 N–H and O–H groups in total. The van der Waals surface area contributed by atoms with E-state index in [-0.39, 0.29) is 17.5 Å². The summed E-state index contributed by atoms with van der Waals surface area (Å²) in [6.07, 6.45) is 1.25. The van der Waals surface area contributed by atoms with Gasteiger partial charge in [0.25, 0.3) is 6.01 Å². The molecule has 0 atom stereocenters. The van der Waals surface area contributed by atoms with Gasteiger partial charge in [0, 0.05) is 6.54 Å². The van der Waals surface area contributed by atoms with Crippen molar-refractivity contribution in [2.75, 3.05) is 11.9 Å². The number of nitrogens with one attached hydrogen (secondary N) is 1. The van der Waals surface area contributed by atoms with Crippen molar-refractivity contribution >= 4 is 12.0 Å². The molecule has 100 valence electrons. The molecule has 0 saturated carbocycles. The molecule has 0 radical (unpaired) electrons. The SMILES string of the molecule is CCOC(=O)c1coc(NCc2ccc(O)cc2)n1. The number of aromatic nitrogens is 1. The van der Waals surface area contributed by atoms with E-state index in [9.17, 15) is 4.79 Å². The third-order valence-corrected chi connectivity index (χ3v) is 2.37. The van der Waals surface area contributed by atoms with Crippen LogP contribution in [0.15, 0.2) is 34.9 Å². The fourth-order valence-electron chi connectivity index (χ4n) is 1.45. The Labute approximate surface area is 110 Å². The van der Waals surface area contributed by atoms with Crippen molar-refractivity contribution in [2.24, 2.45) is 0 Å². The molecule has 0 aliphatic rings. The van der Waals surface area contributed by atoms with Crippen LogP contribution in [-0.4, -0.2) is 22.7 Å². The van der Waals surface area contributed by atoms with Crippen molar-refractivity contribution in [1.29, 1.82) is 0 Å². The molecule has 2 aromatic rings. The van der Waals surface area contributed by atoms with Crippen LogP contribution in [0.1, 0.15) is 23.0 Å². The van der Waals surface area contributed by atoms with Gasteiger partial charge in [-0.05, 0) is 24.6 Å². The van der Waals surface area contributed by atoms with Crippen molar-refractivity contribution < 1.29 is 19.1 Å². The Bertz CT molecular complexity index is 548. The second-order valence-corrected chi connectivity index (χ2v) is 3.78. The first-order chi connectivity index (χ1) is 9.19. The minimum atomic E-state index is -0.510. The standard InChI is InChI=1S/C13H14N2O4/c1-2-18-12(17)11-8-19-13(15-11)14-7-9-3-5-10(16)6-4-9/h3-6,8,16H,2,7H2,1H3,(H,14,15). The molecule has 0 bridgehead atoms. The van der Waals surface area contributed by atoms with Crippen LogP contribution < -0.4 is 5.32 Å². The number of phenolic OH excluding ortho intramolecular Hbond substituents is 1. The number of benzene rings is 1. The smallest absolute Gasteiger partial charge is 0.360 e. The monoisotopic (exact) mass is 262 g/mol. The van der Waals surface area contributed by atoms with Crippen LogP contribution in [0.4, 0.5) is 6.01 Å². The lowest BCUT2D eigenvalue weighted by molar-refractivity contribution is 0.0519. The molecule has 1 aromatic carbocycles. The highest BCUT2D eigenvalue weighted by Crippen LogP contribution is 2.13. The van der Waals surface area contributed by atoms with Crippen LogP contribution in [0.2, 0.25) is 0 Å². The van der Waals surface area contributed by atoms with Crippen molar-refractivity contribution in [3.8, 4) is 5.75 Å². The van der Waals surface area contributed by atoms with E-state index in [0.717, 1.165) is 5.56 Å². The molecule has 0 aliphatic heterocycles. The van der Waals surface area contributed by atoms with Crippen LogP contribution in [0.5, 0.6) is 5.75 Å². The zero-order valence-electron chi connectivity index (χ0n) is 10.4. The molecule has 0 aliphatic carbocycles. The topological polar surface area (TPSA) is 84.6 Å². The predicted octanol–water partition coefficient (Wildman–Crippen LogP) is 2.17. The number of nitrogens with zero attached hydrogens (tertiary/aromatic N) is 1. The maximum absolute atomic E-state index is 11.4. The average molecular weight is 262 g/mol. The Morgan fingerprint density at radius 3 is 2.84 bits per heavy atom. The quantitative estimate of drug-likeness (QED) is 0.803. The van der Waals surface area contributed by atoms with Crippen molar-refractivity contribution in [2.45, 2.75) is 13.5 Å². The number of anilines is 1. The zero-order valence-corrected chi connectivity index (χ0v) is 10.4. The average Bonchev–Trinajstić information content (AvgIpc) is 2.87. The normalized spacial score (nSPS) is 10.2. The number of oxazole rings is 1. The van der Waals surface area contributed by atoms with E-state index in [0.29, 0.717) is 13.2 Å². The van der Waals surface area contributed by atoms with Crippen LogP contribution >= 0.6 is 0 Å². The number of hydrogen-bond acceptors (Lipinski definition) is 6. The molecule has 6 nitrogen and oxygen atoms in total. The number of hydrogen-bond donors (Lipinski definition) is 2. The van der Waals surface area contributed by atoms with Crippen molar-refractivity contribution in [3.05, 3.63) is 41.8 Å². The van der Waals surface area contributed by atoms with E-state index >= 15 is 0 Å². The van der Waals surface area contributed by atoms with Gasteiger partial charge in [-0.25, -0.2) is 4.79 Å². The zero-order chi connectivity index (χ0) is 13.7. The molecule has 0 saturated heterocycles. The summed E-state index contributed by atoms with van der Waals surface area (Å²) in [6, 6.07) is 6.98. The second-order valence-electron chi connectivity index (χ2n) is 3.78. The van der Waals surface area contributed by atoms with Gasteiger partial charge in [-0.2, -0.15) is 4.98 Å². The first-order valence-corrected chi connectivity index (χ1v) is 5.83. The Morgan fingerprint density at radius 2 is 2.16 bits per heavy atom. The number of phenols is 1. The van der Waals surface area contributed by atoms with E-state index in [4.69, 9.17) is 14.3 Å². The van der Waals surface area contributed by atoms with Crippen molar-refractivity contribution in [3.63, 3.8) is 0 Å². The molecule has 0 fully saturated rings. The molecule has 0 spiro atoms. The number of esters is 1. The first-order valence-electron chi connectivity index (χ1n) is 5.83. The Hall–Kier alpha value is -2.50. The fraction of sp³-hybridized carbons (Fsp3) is 0.231. The van der Waals surface area contributed by atoms with E-state index in [1.807, 2.05) is 0 Å². The summed E-state index contributed by atoms with van der Waals surface area (Å²) in [6.45, 7) is 2.49. The lowest BCUT2D eigenvalue weighted by Gasteiger charge is -2.01. The number of carbonyl (C=O) groups excluding carboxylic acids is 1. The van der Waals surface area contributed by atoms with Crippen LogP contribution in [-0.2, 0) is 11.3 Å². The minimum Gasteiger partial charge on any atom is -0.508 e. The summed E-state index contributed by atoms with van der Waals surface area (Å²) in [5, 5.41) is 12.1. The maximum atomic E-state index is 11.4. The van der Waals surface area contributed by atoms with E-state index < -0.39 is 5.97 Å². The fourth-order valence-corrected chi connectivity index (χ4v) is 1.45. The number of carbonyl (C=O) groups is 1. The van der Waals surface area contributed by atoms with Gasteiger partial charge in [0.1, 0.15) is 12.0 Å². The summed E-state index contributed by atoms with van der Waals surface area (Å²) >= 11 is 0. The molecule has 0 unspecified atom stereocenters. The maximum Gasteiger partial charge on any atom is 0.360 e. The highest BCUT2D eigenvalue weighted by atomic mass is 16.5. The Morgan fingerprint density at radius 1 is 1.42 bits per heavy atom. The summed E-state index contributed by atoms with van der Waals surface area (Å²) in [5.41, 5.74) is 1.09. The predicted molar refractivity (Wildman–Crippen MR) is 67.9 cm³/mol. The number of ether oxygens (including phenoxy) is 1. The first kappa shape index (κ1) is 12.9. The highest BCUT2D eigenvalue weighted by molar-refractivity contribution is 5.87. The Kier molecular flexibility index (Phi) is 4.02. The van der Waals surface area contributed by atoms with Gasteiger partial charge < -0.3 is 19.6 Å². The van der Waals surface area contributed by atoms with Crippen molar-refractivity contribution in [1.82, 2.24) is 4.98 Å². The van der Waals surface area contributed by atoms with Gasteiger partial charge in [-0.3, -0.25) is 0 Å². The molecule has 0 amide bonds. The summed E-state index contributed by atoms with van der Waals surface area (Å²) in [5.74, 6) is -0.298. The van der Waals surface area contributed by atoms with E-state index in [2.05, 4.69) is 10.3 Å². The molecule has 19 heavy (non-hydrogen) atoms. The number of aromatic hydroxyl groups is 1. The van der Waals surface area contributed by atoms with Crippen LogP contribution in [0, 0.1) is 0 Å². The van der Waals surface area contributed by atoms with Gasteiger partial charge in [0.05, 0.1) is 6.61 Å². The lowest BCUT2D eigenvalue weighted by Crippen LogP contribution is -2.05. The van der Waals surface area contributed by atoms with Crippen LogP contribution in [0.25, 0.3) is 0 Å². The molecule has 1 heterocycles. The molecule has 2 rings (SSSR count). The molecular weight excluding hydrogens is 248 g/mol. The third kappa shape index (κ3) is 3.48.